The quantitative estimate of drug-likeness (QED) is 0.854. The van der Waals surface area contributed by atoms with Gasteiger partial charge in [0.05, 0.1) is 16.2 Å². The van der Waals surface area contributed by atoms with Crippen LogP contribution in [0.25, 0.3) is 6.08 Å². The van der Waals surface area contributed by atoms with Crippen LogP contribution in [0.4, 0.5) is 5.69 Å². The van der Waals surface area contributed by atoms with Crippen LogP contribution in [0, 0.1) is 0 Å². The second-order valence-electron chi connectivity index (χ2n) is 5.45. The van der Waals surface area contributed by atoms with Crippen molar-refractivity contribution in [1.82, 2.24) is 9.47 Å². The van der Waals surface area contributed by atoms with E-state index in [1.54, 1.807) is 17.0 Å². The molecule has 7 heteroatoms. The fourth-order valence-corrected chi connectivity index (χ4v) is 3.46. The zero-order valence-electron chi connectivity index (χ0n) is 13.8. The van der Waals surface area contributed by atoms with E-state index in [0.717, 1.165) is 5.69 Å². The molecule has 0 unspecified atom stereocenters. The van der Waals surface area contributed by atoms with Crippen LogP contribution in [0.1, 0.15) is 23.0 Å². The molecule has 1 amide bonds. The highest BCUT2D eigenvalue weighted by atomic mass is 32.2. The summed E-state index contributed by atoms with van der Waals surface area (Å²) >= 11 is 1.32. The lowest BCUT2D eigenvalue weighted by molar-refractivity contribution is -0.122. The number of nitrogens with zero attached hydrogens (tertiary/aromatic N) is 3. The highest BCUT2D eigenvalue weighted by Gasteiger charge is 2.32. The molecule has 1 fully saturated rings. The van der Waals surface area contributed by atoms with Crippen molar-refractivity contribution in [2.24, 2.45) is 12.0 Å². The first-order valence-corrected chi connectivity index (χ1v) is 8.56. The standard InChI is InChI=1S/C18H17N3O3S/c1-3-21-16(22)15(11-14-5-4-10-20(14)2)25-18(21)19-13-8-6-12(7-9-13)17(23)24/h4-11H,3H2,1-2H3,(H,23,24)/b15-11-,19-18?. The van der Waals surface area contributed by atoms with Crippen molar-refractivity contribution in [3.05, 3.63) is 58.8 Å². The van der Waals surface area contributed by atoms with Gasteiger partial charge in [0.2, 0.25) is 0 Å². The number of aromatic carboxylic acids is 1. The SMILES string of the molecule is CCN1C(=O)/C(=C/c2cccn2C)SC1=Nc1ccc(C(=O)O)cc1. The molecule has 25 heavy (non-hydrogen) atoms. The summed E-state index contributed by atoms with van der Waals surface area (Å²) in [5.41, 5.74) is 1.76. The molecule has 0 atom stereocenters. The minimum Gasteiger partial charge on any atom is -0.478 e. The number of hydrogen-bond acceptors (Lipinski definition) is 4. The first-order chi connectivity index (χ1) is 12.0. The smallest absolute Gasteiger partial charge is 0.335 e. The Balaban J connectivity index is 1.90. The van der Waals surface area contributed by atoms with E-state index >= 15 is 0 Å². The Kier molecular flexibility index (Phi) is 4.76. The Morgan fingerprint density at radius 3 is 2.56 bits per heavy atom. The Morgan fingerprint density at radius 2 is 2.00 bits per heavy atom. The van der Waals surface area contributed by atoms with Gasteiger partial charge < -0.3 is 9.67 Å². The molecule has 2 heterocycles. The highest BCUT2D eigenvalue weighted by Crippen LogP contribution is 2.34. The van der Waals surface area contributed by atoms with Gasteiger partial charge in [0, 0.05) is 25.5 Å². The fraction of sp³-hybridized carbons (Fsp3) is 0.167. The number of carbonyl (C=O) groups is 2. The van der Waals surface area contributed by atoms with Gasteiger partial charge >= 0.3 is 5.97 Å². The molecule has 2 aromatic rings. The maximum absolute atomic E-state index is 12.6. The van der Waals surface area contributed by atoms with E-state index in [4.69, 9.17) is 5.11 Å². The summed E-state index contributed by atoms with van der Waals surface area (Å²) in [5, 5.41) is 9.55. The minimum atomic E-state index is -0.979. The third kappa shape index (κ3) is 3.51. The van der Waals surface area contributed by atoms with Gasteiger partial charge in [-0.2, -0.15) is 0 Å². The third-order valence-corrected chi connectivity index (χ3v) is 4.81. The molecule has 0 saturated carbocycles. The maximum Gasteiger partial charge on any atom is 0.335 e. The van der Waals surface area contributed by atoms with E-state index in [2.05, 4.69) is 4.99 Å². The van der Waals surface area contributed by atoms with Gasteiger partial charge in [0.1, 0.15) is 0 Å². The number of rotatable bonds is 4. The lowest BCUT2D eigenvalue weighted by Gasteiger charge is -2.12. The normalized spacial score (nSPS) is 17.7. The van der Waals surface area contributed by atoms with E-state index in [0.29, 0.717) is 22.3 Å². The molecule has 1 saturated heterocycles. The average molecular weight is 355 g/mol. The molecule has 0 bridgehead atoms. The Bertz CT molecular complexity index is 881. The van der Waals surface area contributed by atoms with E-state index in [1.165, 1.54) is 23.9 Å². The number of carboxylic acids is 1. The molecular formula is C18H17N3O3S. The maximum atomic E-state index is 12.6. The summed E-state index contributed by atoms with van der Waals surface area (Å²) in [4.78, 5) is 30.2. The number of hydrogen-bond donors (Lipinski definition) is 1. The largest absolute Gasteiger partial charge is 0.478 e. The fourth-order valence-electron chi connectivity index (χ4n) is 2.42. The number of aromatic nitrogens is 1. The molecule has 1 N–H and O–H groups in total. The summed E-state index contributed by atoms with van der Waals surface area (Å²) in [6.45, 7) is 2.41. The van der Waals surface area contributed by atoms with Gasteiger partial charge in [-0.25, -0.2) is 9.79 Å². The molecule has 1 aliphatic heterocycles. The zero-order chi connectivity index (χ0) is 18.0. The Labute approximate surface area is 149 Å². The molecule has 3 rings (SSSR count). The monoisotopic (exact) mass is 355 g/mol. The molecule has 0 spiro atoms. The summed E-state index contributed by atoms with van der Waals surface area (Å²) in [6, 6.07) is 10.1. The molecule has 6 nitrogen and oxygen atoms in total. The average Bonchev–Trinajstić information content (AvgIpc) is 3.12. The number of amidine groups is 1. The van der Waals surface area contributed by atoms with E-state index < -0.39 is 5.97 Å². The van der Waals surface area contributed by atoms with Crippen molar-refractivity contribution >= 4 is 40.6 Å². The lowest BCUT2D eigenvalue weighted by Crippen LogP contribution is -2.28. The lowest BCUT2D eigenvalue weighted by atomic mass is 10.2. The van der Waals surface area contributed by atoms with Gasteiger partial charge in [0.15, 0.2) is 5.17 Å². The topological polar surface area (TPSA) is 74.9 Å². The second kappa shape index (κ2) is 6.98. The first kappa shape index (κ1) is 17.0. The van der Waals surface area contributed by atoms with Crippen molar-refractivity contribution in [1.29, 1.82) is 0 Å². The van der Waals surface area contributed by atoms with Crippen LogP contribution in [0.15, 0.2) is 52.5 Å². The summed E-state index contributed by atoms with van der Waals surface area (Å²) in [7, 11) is 1.92. The Hall–Kier alpha value is -2.80. The van der Waals surface area contributed by atoms with Crippen LogP contribution in [0.2, 0.25) is 0 Å². The summed E-state index contributed by atoms with van der Waals surface area (Å²) in [6.07, 6.45) is 3.78. The predicted octanol–water partition coefficient (Wildman–Crippen LogP) is 3.35. The zero-order valence-corrected chi connectivity index (χ0v) is 14.7. The number of thioether (sulfide) groups is 1. The van der Waals surface area contributed by atoms with E-state index in [-0.39, 0.29) is 11.5 Å². The van der Waals surface area contributed by atoms with Crippen LogP contribution >= 0.6 is 11.8 Å². The number of likely N-dealkylation sites (N-methyl/N-ethyl adjacent to an activating group) is 1. The van der Waals surface area contributed by atoms with Crippen molar-refractivity contribution in [2.75, 3.05) is 6.54 Å². The molecule has 128 valence electrons. The van der Waals surface area contributed by atoms with Crippen molar-refractivity contribution < 1.29 is 14.7 Å². The highest BCUT2D eigenvalue weighted by molar-refractivity contribution is 8.18. The second-order valence-corrected chi connectivity index (χ2v) is 6.46. The van der Waals surface area contributed by atoms with E-state index in [1.807, 2.05) is 42.9 Å². The Morgan fingerprint density at radius 1 is 1.28 bits per heavy atom. The molecule has 1 aromatic heterocycles. The molecule has 0 radical (unpaired) electrons. The third-order valence-electron chi connectivity index (χ3n) is 3.81. The summed E-state index contributed by atoms with van der Waals surface area (Å²) in [5.74, 6) is -1.05. The number of aliphatic imine (C=N–C) groups is 1. The number of amides is 1. The molecular weight excluding hydrogens is 338 g/mol. The predicted molar refractivity (Wildman–Crippen MR) is 98.9 cm³/mol. The van der Waals surface area contributed by atoms with Crippen LogP contribution < -0.4 is 0 Å². The molecule has 0 aliphatic carbocycles. The number of carbonyl (C=O) groups excluding carboxylic acids is 1. The number of aryl methyl sites for hydroxylation is 1. The summed E-state index contributed by atoms with van der Waals surface area (Å²) < 4.78 is 1.94. The first-order valence-electron chi connectivity index (χ1n) is 7.74. The number of benzene rings is 1. The van der Waals surface area contributed by atoms with E-state index in [9.17, 15) is 9.59 Å². The number of carboxylic acid groups (broad SMARTS) is 1. The van der Waals surface area contributed by atoms with Crippen LogP contribution in [0.3, 0.4) is 0 Å². The van der Waals surface area contributed by atoms with Gasteiger partial charge in [-0.05, 0) is 61.2 Å². The van der Waals surface area contributed by atoms with Crippen molar-refractivity contribution in [3.63, 3.8) is 0 Å². The van der Waals surface area contributed by atoms with Crippen molar-refractivity contribution in [2.45, 2.75) is 6.92 Å². The minimum absolute atomic E-state index is 0.0744. The van der Waals surface area contributed by atoms with Crippen LogP contribution in [0.5, 0.6) is 0 Å². The van der Waals surface area contributed by atoms with Crippen LogP contribution in [-0.4, -0.2) is 38.2 Å². The van der Waals surface area contributed by atoms with Gasteiger partial charge in [-0.1, -0.05) is 0 Å². The molecule has 1 aromatic carbocycles. The van der Waals surface area contributed by atoms with Crippen molar-refractivity contribution in [3.8, 4) is 0 Å². The van der Waals surface area contributed by atoms with Crippen LogP contribution in [-0.2, 0) is 11.8 Å². The van der Waals surface area contributed by atoms with Gasteiger partial charge in [0.25, 0.3) is 5.91 Å². The van der Waals surface area contributed by atoms with Gasteiger partial charge in [-0.15, -0.1) is 0 Å². The molecule has 1 aliphatic rings. The van der Waals surface area contributed by atoms with Gasteiger partial charge in [-0.3, -0.25) is 9.69 Å².